The zero-order valence-electron chi connectivity index (χ0n) is 10.9. The van der Waals surface area contributed by atoms with Crippen molar-refractivity contribution >= 4 is 35.1 Å². The van der Waals surface area contributed by atoms with Crippen LogP contribution in [0.2, 0.25) is 5.02 Å². The summed E-state index contributed by atoms with van der Waals surface area (Å²) >= 11 is 7.29. The lowest BCUT2D eigenvalue weighted by Crippen LogP contribution is -2.36. The molecule has 2 N–H and O–H groups in total. The van der Waals surface area contributed by atoms with Crippen LogP contribution in [0.25, 0.3) is 0 Å². The molecular formula is C14H7ClFN4OS. The van der Waals surface area contributed by atoms with Crippen LogP contribution in [0.4, 0.5) is 14.9 Å². The highest BCUT2D eigenvalue weighted by molar-refractivity contribution is 8.00. The van der Waals surface area contributed by atoms with E-state index in [0.29, 0.717) is 15.5 Å². The Bertz CT molecular complexity index is 823. The quantitative estimate of drug-likeness (QED) is 0.868. The summed E-state index contributed by atoms with van der Waals surface area (Å²) in [7, 11) is 0. The van der Waals surface area contributed by atoms with Crippen molar-refractivity contribution in [3.05, 3.63) is 52.6 Å². The number of urea groups is 1. The van der Waals surface area contributed by atoms with Crippen molar-refractivity contribution in [1.82, 2.24) is 4.98 Å². The van der Waals surface area contributed by atoms with Crippen LogP contribution in [0.15, 0.2) is 29.3 Å². The van der Waals surface area contributed by atoms with E-state index < -0.39 is 17.2 Å². The van der Waals surface area contributed by atoms with Crippen LogP contribution in [0, 0.1) is 23.3 Å². The molecule has 0 bridgehead atoms. The highest BCUT2D eigenvalue weighted by atomic mass is 35.5. The number of benzene rings is 1. The van der Waals surface area contributed by atoms with Crippen molar-refractivity contribution < 1.29 is 9.18 Å². The van der Waals surface area contributed by atoms with Crippen molar-refractivity contribution in [2.45, 2.75) is 10.3 Å². The van der Waals surface area contributed by atoms with E-state index in [0.717, 1.165) is 22.9 Å². The predicted molar refractivity (Wildman–Crippen MR) is 79.9 cm³/mol. The Balaban J connectivity index is 2.21. The Hall–Kier alpha value is -2.30. The van der Waals surface area contributed by atoms with Crippen molar-refractivity contribution in [2.24, 2.45) is 5.73 Å². The molecule has 1 atom stereocenters. The number of halogens is 2. The van der Waals surface area contributed by atoms with E-state index in [1.807, 2.05) is 6.07 Å². The van der Waals surface area contributed by atoms with Gasteiger partial charge in [0.1, 0.15) is 17.3 Å². The van der Waals surface area contributed by atoms with Gasteiger partial charge in [0.2, 0.25) is 0 Å². The monoisotopic (exact) mass is 333 g/mol. The zero-order valence-corrected chi connectivity index (χ0v) is 12.5. The summed E-state index contributed by atoms with van der Waals surface area (Å²) < 4.78 is 14.0. The minimum atomic E-state index is -0.849. The maximum Gasteiger partial charge on any atom is 0.320 e. The lowest BCUT2D eigenvalue weighted by Gasteiger charge is -2.24. The number of thioether (sulfide) groups is 1. The number of nitrogens with two attached hydrogens (primary N) is 1. The van der Waals surface area contributed by atoms with Crippen LogP contribution >= 0.6 is 23.4 Å². The Morgan fingerprint density at radius 2 is 2.36 bits per heavy atom. The number of carbonyl (C=O) groups excluding carboxylic acids is 1. The van der Waals surface area contributed by atoms with Crippen molar-refractivity contribution in [3.8, 4) is 6.07 Å². The van der Waals surface area contributed by atoms with Crippen LogP contribution in [0.5, 0.6) is 0 Å². The van der Waals surface area contributed by atoms with Crippen LogP contribution in [-0.4, -0.2) is 11.0 Å². The molecule has 5 nitrogen and oxygen atoms in total. The van der Waals surface area contributed by atoms with Gasteiger partial charge in [-0.3, -0.25) is 9.88 Å². The van der Waals surface area contributed by atoms with Crippen molar-refractivity contribution in [1.29, 1.82) is 5.26 Å². The first kappa shape index (κ1) is 14.6. The molecule has 0 spiro atoms. The minimum absolute atomic E-state index is 0.00121. The van der Waals surface area contributed by atoms with Gasteiger partial charge in [-0.05, 0) is 12.1 Å². The second-order valence-electron chi connectivity index (χ2n) is 4.39. The highest BCUT2D eigenvalue weighted by Crippen LogP contribution is 2.53. The number of anilines is 1. The number of hydrogen-bond acceptors (Lipinski definition) is 4. The molecule has 1 aromatic carbocycles. The number of carbonyl (C=O) groups is 1. The maximum absolute atomic E-state index is 14.0. The number of amides is 2. The molecule has 109 valence electrons. The van der Waals surface area contributed by atoms with E-state index in [1.54, 1.807) is 18.2 Å². The molecule has 2 aromatic rings. The van der Waals surface area contributed by atoms with Gasteiger partial charge in [-0.2, -0.15) is 5.26 Å². The van der Waals surface area contributed by atoms with Crippen LogP contribution in [0.1, 0.15) is 16.5 Å². The number of pyridine rings is 1. The molecule has 0 saturated carbocycles. The summed E-state index contributed by atoms with van der Waals surface area (Å²) in [6.45, 7) is 0. The second-order valence-corrected chi connectivity index (χ2v) is 5.88. The van der Waals surface area contributed by atoms with Gasteiger partial charge >= 0.3 is 6.03 Å². The molecule has 1 unspecified atom stereocenters. The van der Waals surface area contributed by atoms with E-state index in [1.165, 1.54) is 0 Å². The molecule has 2 heterocycles. The fourth-order valence-electron chi connectivity index (χ4n) is 2.26. The van der Waals surface area contributed by atoms with Crippen LogP contribution in [0.3, 0.4) is 0 Å². The largest absolute Gasteiger partial charge is 0.351 e. The molecular weight excluding hydrogens is 327 g/mol. The first-order valence-electron chi connectivity index (χ1n) is 6.04. The zero-order chi connectivity index (χ0) is 15.9. The molecule has 0 saturated heterocycles. The average molecular weight is 334 g/mol. The predicted octanol–water partition coefficient (Wildman–Crippen LogP) is 3.24. The van der Waals surface area contributed by atoms with Gasteiger partial charge in [0.15, 0.2) is 5.82 Å². The molecule has 3 rings (SSSR count). The lowest BCUT2D eigenvalue weighted by atomic mass is 10.1. The second kappa shape index (κ2) is 5.48. The number of aromatic nitrogens is 1. The number of fused-ring (bicyclic) bond motifs is 1. The molecule has 1 aromatic heterocycles. The fourth-order valence-corrected chi connectivity index (χ4v) is 3.92. The smallest absolute Gasteiger partial charge is 0.320 e. The van der Waals surface area contributed by atoms with Gasteiger partial charge in [-0.25, -0.2) is 9.18 Å². The Kier molecular flexibility index (Phi) is 3.64. The Morgan fingerprint density at radius 1 is 1.59 bits per heavy atom. The molecule has 1 aliphatic heterocycles. The molecule has 1 radical (unpaired) electrons. The lowest BCUT2D eigenvalue weighted by molar-refractivity contribution is 0.253. The molecule has 22 heavy (non-hydrogen) atoms. The van der Waals surface area contributed by atoms with Crippen molar-refractivity contribution in [3.63, 3.8) is 0 Å². The van der Waals surface area contributed by atoms with Gasteiger partial charge in [0.05, 0.1) is 22.7 Å². The number of hydrogen-bond donors (Lipinski definition) is 1. The normalized spacial score (nSPS) is 16.2. The summed E-state index contributed by atoms with van der Waals surface area (Å²) in [6.07, 6.45) is 3.58. The third-order valence-electron chi connectivity index (χ3n) is 3.15. The Morgan fingerprint density at radius 3 is 3.05 bits per heavy atom. The maximum atomic E-state index is 14.0. The molecule has 0 aliphatic carbocycles. The van der Waals surface area contributed by atoms with E-state index in [2.05, 4.69) is 11.2 Å². The highest BCUT2D eigenvalue weighted by Gasteiger charge is 2.39. The summed E-state index contributed by atoms with van der Waals surface area (Å²) in [5, 5.41) is 8.80. The number of rotatable bonds is 1. The Labute approximate surface area is 134 Å². The minimum Gasteiger partial charge on any atom is -0.351 e. The molecule has 1 aliphatic rings. The van der Waals surface area contributed by atoms with Crippen LogP contribution in [-0.2, 0) is 0 Å². The van der Waals surface area contributed by atoms with Crippen LogP contribution < -0.4 is 10.6 Å². The van der Waals surface area contributed by atoms with E-state index >= 15 is 0 Å². The van der Waals surface area contributed by atoms with E-state index in [-0.39, 0.29) is 11.3 Å². The summed E-state index contributed by atoms with van der Waals surface area (Å²) in [5.74, 6) is -0.687. The molecule has 8 heteroatoms. The first-order chi connectivity index (χ1) is 10.5. The fraction of sp³-hybridized carbons (Fsp3) is 0.0714. The van der Waals surface area contributed by atoms with E-state index in [4.69, 9.17) is 17.3 Å². The van der Waals surface area contributed by atoms with Gasteiger partial charge in [0.25, 0.3) is 0 Å². The topological polar surface area (TPSA) is 83.0 Å². The third kappa shape index (κ3) is 2.17. The van der Waals surface area contributed by atoms with Gasteiger partial charge in [-0.15, -0.1) is 0 Å². The molecule has 0 fully saturated rings. The van der Waals surface area contributed by atoms with Crippen molar-refractivity contribution in [2.75, 3.05) is 4.90 Å². The van der Waals surface area contributed by atoms with E-state index in [9.17, 15) is 14.4 Å². The summed E-state index contributed by atoms with van der Waals surface area (Å²) in [5.41, 5.74) is 6.09. The third-order valence-corrected chi connectivity index (χ3v) is 4.67. The standard InChI is InChI=1S/C14H7ClFN4OS/c15-8-3-1-2-7(4-17)11(8)13-20(14(18)21)12-9(16)5-19-6-10(12)22-13/h1-3,5,13H,(H2,18,21). The van der Waals surface area contributed by atoms with Gasteiger partial charge < -0.3 is 5.73 Å². The average Bonchev–Trinajstić information content (AvgIpc) is 2.87. The number of nitriles is 1. The first-order valence-corrected chi connectivity index (χ1v) is 7.30. The van der Waals surface area contributed by atoms with Gasteiger partial charge in [0, 0.05) is 10.6 Å². The summed E-state index contributed by atoms with van der Waals surface area (Å²) in [4.78, 5) is 16.9. The number of primary amides is 1. The SMILES string of the molecule is N#Cc1cccc(Cl)c1C1Sc2[c]ncc(F)c2N1C(N)=O. The number of nitrogens with zero attached hydrogens (tertiary/aromatic N) is 3. The molecule has 2 amide bonds. The summed E-state index contributed by atoms with van der Waals surface area (Å²) in [6, 6.07) is 5.96. The van der Waals surface area contributed by atoms with Gasteiger partial charge in [-0.1, -0.05) is 29.4 Å².